The van der Waals surface area contributed by atoms with Gasteiger partial charge in [-0.15, -0.1) is 0 Å². The molecular formula is C17H14ClF3N2O6. The highest BCUT2D eigenvalue weighted by molar-refractivity contribution is 6.32. The smallest absolute Gasteiger partial charge is 0.456 e. The third-order valence-corrected chi connectivity index (χ3v) is 3.81. The van der Waals surface area contributed by atoms with Gasteiger partial charge in [-0.1, -0.05) is 11.6 Å². The number of ether oxygens (including phenoxy) is 2. The van der Waals surface area contributed by atoms with E-state index in [0.29, 0.717) is 6.07 Å². The zero-order chi connectivity index (χ0) is 21.6. The Bertz CT molecular complexity index is 907. The molecule has 0 saturated heterocycles. The molecule has 0 fully saturated rings. The minimum absolute atomic E-state index is 0.0347. The van der Waals surface area contributed by atoms with E-state index in [9.17, 15) is 28.1 Å². The zero-order valence-electron chi connectivity index (χ0n) is 14.8. The summed E-state index contributed by atoms with van der Waals surface area (Å²) in [6, 6.07) is 6.29. The number of carbonyl (C=O) groups is 1. The highest BCUT2D eigenvalue weighted by Gasteiger charge is 2.31. The van der Waals surface area contributed by atoms with Gasteiger partial charge >= 0.3 is 12.3 Å². The van der Waals surface area contributed by atoms with E-state index in [1.807, 2.05) is 0 Å². The van der Waals surface area contributed by atoms with Crippen LogP contribution < -0.4 is 10.2 Å². The Morgan fingerprint density at radius 2 is 1.97 bits per heavy atom. The van der Waals surface area contributed by atoms with E-state index in [-0.39, 0.29) is 40.8 Å². The molecule has 0 aromatic heterocycles. The molecule has 0 atom stereocenters. The Morgan fingerprint density at radius 3 is 2.55 bits per heavy atom. The van der Waals surface area contributed by atoms with Crippen molar-refractivity contribution in [1.29, 1.82) is 0 Å². The van der Waals surface area contributed by atoms with E-state index < -0.39 is 22.8 Å². The topological polar surface area (TPSA) is 99.9 Å². The molecule has 0 bridgehead atoms. The number of alkyl halides is 3. The molecule has 1 N–H and O–H groups in total. The molecule has 2 aromatic rings. The van der Waals surface area contributed by atoms with Gasteiger partial charge in [0, 0.05) is 25.1 Å². The predicted octanol–water partition coefficient (Wildman–Crippen LogP) is 4.89. The van der Waals surface area contributed by atoms with Crippen LogP contribution in [0.5, 0.6) is 11.5 Å². The van der Waals surface area contributed by atoms with E-state index in [1.165, 1.54) is 19.2 Å². The molecule has 0 spiro atoms. The van der Waals surface area contributed by atoms with Gasteiger partial charge in [-0.05, 0) is 30.3 Å². The van der Waals surface area contributed by atoms with Gasteiger partial charge in [-0.3, -0.25) is 10.1 Å². The minimum atomic E-state index is -4.56. The van der Waals surface area contributed by atoms with Gasteiger partial charge in [0.2, 0.25) is 0 Å². The Morgan fingerprint density at radius 1 is 1.24 bits per heavy atom. The number of carbonyl (C=O) groups excluding carboxylic acids is 1. The normalized spacial score (nSPS) is 11.1. The molecule has 0 aliphatic heterocycles. The molecule has 0 unspecified atom stereocenters. The summed E-state index contributed by atoms with van der Waals surface area (Å²) >= 11 is 5.84. The lowest BCUT2D eigenvalue weighted by atomic mass is 10.1. The lowest BCUT2D eigenvalue weighted by Gasteiger charge is -2.12. The van der Waals surface area contributed by atoms with Crippen LogP contribution in [0.25, 0.3) is 0 Å². The van der Waals surface area contributed by atoms with Crippen molar-refractivity contribution in [3.8, 4) is 11.5 Å². The summed E-state index contributed by atoms with van der Waals surface area (Å²) < 4.78 is 48.3. The van der Waals surface area contributed by atoms with E-state index >= 15 is 0 Å². The Kier molecular flexibility index (Phi) is 7.23. The second-order valence-corrected chi connectivity index (χ2v) is 5.85. The number of halogens is 4. The third kappa shape index (κ3) is 6.22. The first-order valence-corrected chi connectivity index (χ1v) is 8.32. The predicted molar refractivity (Wildman–Crippen MR) is 94.8 cm³/mol. The van der Waals surface area contributed by atoms with E-state index in [2.05, 4.69) is 10.3 Å². The second-order valence-electron chi connectivity index (χ2n) is 5.45. The highest BCUT2D eigenvalue weighted by Crippen LogP contribution is 2.37. The van der Waals surface area contributed by atoms with Crippen LogP contribution >= 0.6 is 11.6 Å². The van der Waals surface area contributed by atoms with Crippen LogP contribution in [0.1, 0.15) is 11.1 Å². The van der Waals surface area contributed by atoms with Crippen LogP contribution in [-0.2, 0) is 22.2 Å². The quantitative estimate of drug-likeness (QED) is 0.376. The molecule has 0 amide bonds. The minimum Gasteiger partial charge on any atom is -0.456 e. The molecule has 0 aliphatic rings. The number of rotatable bonds is 7. The number of nitro benzene ring substituents is 1. The van der Waals surface area contributed by atoms with Gasteiger partial charge in [-0.25, -0.2) is 4.79 Å². The van der Waals surface area contributed by atoms with Gasteiger partial charge in [0.05, 0.1) is 22.1 Å². The molecule has 0 radical (unpaired) electrons. The molecule has 29 heavy (non-hydrogen) atoms. The van der Waals surface area contributed by atoms with Crippen LogP contribution in [0.2, 0.25) is 5.02 Å². The van der Waals surface area contributed by atoms with E-state index in [1.54, 1.807) is 0 Å². The lowest BCUT2D eigenvalue weighted by molar-refractivity contribution is -0.385. The molecule has 0 aliphatic carbocycles. The number of nitro groups is 1. The fourth-order valence-electron chi connectivity index (χ4n) is 2.25. The van der Waals surface area contributed by atoms with Crippen LogP contribution in [0.4, 0.5) is 23.7 Å². The van der Waals surface area contributed by atoms with Crippen molar-refractivity contribution in [3.63, 3.8) is 0 Å². The summed E-state index contributed by atoms with van der Waals surface area (Å²) in [6.07, 6.45) is -5.61. The summed E-state index contributed by atoms with van der Waals surface area (Å²) in [6.45, 7) is -0.216. The largest absolute Gasteiger partial charge is 0.527 e. The summed E-state index contributed by atoms with van der Waals surface area (Å²) in [5.74, 6) is 0.0402. The molecule has 12 heteroatoms. The number of benzene rings is 2. The summed E-state index contributed by atoms with van der Waals surface area (Å²) in [7, 11) is 1.35. The average Bonchev–Trinajstić information content (AvgIpc) is 2.62. The van der Waals surface area contributed by atoms with Gasteiger partial charge in [-0.2, -0.15) is 18.7 Å². The fraction of sp³-hybridized carbons (Fsp3) is 0.235. The van der Waals surface area contributed by atoms with Crippen molar-refractivity contribution in [2.45, 2.75) is 12.6 Å². The number of nitrogens with zero attached hydrogens (tertiary/aromatic N) is 1. The van der Waals surface area contributed by atoms with Crippen molar-refractivity contribution < 1.29 is 37.2 Å². The molecule has 2 aromatic carbocycles. The second kappa shape index (κ2) is 9.43. The average molecular weight is 435 g/mol. The van der Waals surface area contributed by atoms with Crippen LogP contribution in [-0.4, -0.2) is 24.7 Å². The molecule has 0 heterocycles. The van der Waals surface area contributed by atoms with Crippen molar-refractivity contribution in [3.05, 3.63) is 62.7 Å². The van der Waals surface area contributed by atoms with Crippen LogP contribution in [0.3, 0.4) is 0 Å². The first-order chi connectivity index (χ1) is 13.6. The maximum Gasteiger partial charge on any atom is 0.527 e. The van der Waals surface area contributed by atoms with Gasteiger partial charge in [0.25, 0.3) is 5.69 Å². The van der Waals surface area contributed by atoms with E-state index in [4.69, 9.17) is 21.1 Å². The molecule has 2 rings (SSSR count). The van der Waals surface area contributed by atoms with Crippen LogP contribution in [0, 0.1) is 10.1 Å². The first-order valence-electron chi connectivity index (χ1n) is 7.94. The Hall–Kier alpha value is -3.05. The molecule has 156 valence electrons. The number of hydrogen-bond acceptors (Lipinski definition) is 7. The van der Waals surface area contributed by atoms with Crippen molar-refractivity contribution in [2.24, 2.45) is 0 Å². The van der Waals surface area contributed by atoms with Gasteiger partial charge < -0.3 is 14.3 Å². The van der Waals surface area contributed by atoms with Crippen LogP contribution in [0.15, 0.2) is 36.4 Å². The molecule has 8 nitrogen and oxygen atoms in total. The fourth-order valence-corrected chi connectivity index (χ4v) is 2.47. The summed E-state index contributed by atoms with van der Waals surface area (Å²) in [4.78, 5) is 26.0. The lowest BCUT2D eigenvalue weighted by Crippen LogP contribution is -2.17. The maximum atomic E-state index is 12.7. The highest BCUT2D eigenvalue weighted by atomic mass is 35.5. The first kappa shape index (κ1) is 22.2. The SMILES string of the molecule is CNOC(=O)OCCc1cc(Oc2ccc(C(F)(F)F)cc2Cl)ccc1[N+](=O)[O-]. The van der Waals surface area contributed by atoms with Crippen molar-refractivity contribution in [1.82, 2.24) is 5.48 Å². The summed E-state index contributed by atoms with van der Waals surface area (Å²) in [5, 5.41) is 10.9. The Labute approximate surface area is 167 Å². The number of hydroxylamine groups is 1. The summed E-state index contributed by atoms with van der Waals surface area (Å²) in [5.41, 5.74) is 1.10. The molecule has 0 saturated carbocycles. The zero-order valence-corrected chi connectivity index (χ0v) is 15.5. The van der Waals surface area contributed by atoms with Crippen molar-refractivity contribution >= 4 is 23.4 Å². The van der Waals surface area contributed by atoms with E-state index in [0.717, 1.165) is 18.2 Å². The standard InChI is InChI=1S/C17H14ClF3N2O6/c1-22-29-16(24)27-7-6-10-8-12(3-4-14(10)23(25)26)28-15-5-2-11(9-13(15)18)17(19,20)21/h2-5,8-9,22H,6-7H2,1H3. The molecular weight excluding hydrogens is 421 g/mol. The van der Waals surface area contributed by atoms with Gasteiger partial charge in [0.15, 0.2) is 0 Å². The monoisotopic (exact) mass is 434 g/mol. The number of hydrogen-bond donors (Lipinski definition) is 1. The van der Waals surface area contributed by atoms with Gasteiger partial charge in [0.1, 0.15) is 11.5 Å². The third-order valence-electron chi connectivity index (χ3n) is 3.51. The Balaban J connectivity index is 2.19. The maximum absolute atomic E-state index is 12.7. The number of nitrogens with one attached hydrogen (secondary N) is 1. The van der Waals surface area contributed by atoms with Crippen molar-refractivity contribution in [2.75, 3.05) is 13.7 Å².